The molecule has 0 aliphatic carbocycles. The van der Waals surface area contributed by atoms with Gasteiger partial charge in [0.25, 0.3) is 0 Å². The van der Waals surface area contributed by atoms with Crippen molar-refractivity contribution in [3.63, 3.8) is 0 Å². The van der Waals surface area contributed by atoms with E-state index < -0.39 is 23.7 Å². The number of rotatable bonds is 11. The molecular weight excluding hydrogens is 461 g/mol. The second kappa shape index (κ2) is 14.2. The summed E-state index contributed by atoms with van der Waals surface area (Å²) >= 11 is 0. The molecule has 1 aromatic rings. The van der Waals surface area contributed by atoms with Crippen LogP contribution in [0.25, 0.3) is 0 Å². The van der Waals surface area contributed by atoms with E-state index in [1.54, 1.807) is 6.08 Å². The molecule has 0 radical (unpaired) electrons. The monoisotopic (exact) mass is 491 g/mol. The summed E-state index contributed by atoms with van der Waals surface area (Å²) in [6, 6.07) is 1.79. The van der Waals surface area contributed by atoms with Gasteiger partial charge < -0.3 is 4.74 Å². The summed E-state index contributed by atoms with van der Waals surface area (Å²) in [5.41, 5.74) is 2.07. The van der Waals surface area contributed by atoms with E-state index in [0.717, 1.165) is 24.0 Å². The van der Waals surface area contributed by atoms with Gasteiger partial charge in [-0.3, -0.25) is 4.99 Å². The van der Waals surface area contributed by atoms with Gasteiger partial charge in [0.15, 0.2) is 0 Å². The van der Waals surface area contributed by atoms with Crippen molar-refractivity contribution >= 4 is 5.71 Å². The van der Waals surface area contributed by atoms with Crippen LogP contribution in [0, 0.1) is 11.6 Å². The van der Waals surface area contributed by atoms with Crippen molar-refractivity contribution in [1.82, 2.24) is 0 Å². The molecule has 188 valence electrons. The number of hydrogen-bond donors (Lipinski definition) is 0. The molecule has 0 N–H and O–H groups in total. The predicted octanol–water partition coefficient (Wildman–Crippen LogP) is 9.05. The molecular formula is C28H30F5NO. The smallest absolute Gasteiger partial charge is 0.344 e. The molecule has 0 aromatic heterocycles. The van der Waals surface area contributed by atoms with Gasteiger partial charge in [0.2, 0.25) is 0 Å². The first kappa shape index (κ1) is 28.0. The Kier molecular flexibility index (Phi) is 11.4. The van der Waals surface area contributed by atoms with Gasteiger partial charge in [0, 0.05) is 5.71 Å². The Morgan fingerprint density at radius 2 is 1.69 bits per heavy atom. The molecule has 0 bridgehead atoms. The maximum Gasteiger partial charge on any atom is 0.344 e. The highest BCUT2D eigenvalue weighted by Crippen LogP contribution is 2.25. The Morgan fingerprint density at radius 1 is 1.00 bits per heavy atom. The molecule has 0 saturated carbocycles. The molecule has 0 saturated heterocycles. The highest BCUT2D eigenvalue weighted by atomic mass is 19.3. The van der Waals surface area contributed by atoms with Crippen LogP contribution in [0.1, 0.15) is 58.4 Å². The Hall–Kier alpha value is -3.22. The number of aliphatic imine (C=N–C) groups is 1. The van der Waals surface area contributed by atoms with E-state index in [1.807, 2.05) is 44.2 Å². The average Bonchev–Trinajstić information content (AvgIpc) is 3.27. The van der Waals surface area contributed by atoms with Crippen LogP contribution in [-0.2, 0) is 4.74 Å². The number of ether oxygens (including phenoxy) is 1. The Balaban J connectivity index is 2.19. The first-order chi connectivity index (χ1) is 16.8. The molecule has 0 amide bonds. The van der Waals surface area contributed by atoms with Gasteiger partial charge >= 0.3 is 12.1 Å². The third-order valence-electron chi connectivity index (χ3n) is 5.20. The zero-order valence-electron chi connectivity index (χ0n) is 20.1. The molecule has 0 fully saturated rings. The lowest BCUT2D eigenvalue weighted by atomic mass is 10.0. The van der Waals surface area contributed by atoms with Gasteiger partial charge in [-0.05, 0) is 68.4 Å². The largest absolute Gasteiger partial charge is 0.433 e. The summed E-state index contributed by atoms with van der Waals surface area (Å²) in [4.78, 5) is 4.53. The van der Waals surface area contributed by atoms with E-state index in [0.29, 0.717) is 25.0 Å². The van der Waals surface area contributed by atoms with Crippen molar-refractivity contribution in [2.45, 2.75) is 58.9 Å². The first-order valence-electron chi connectivity index (χ1n) is 11.6. The molecule has 1 aromatic carbocycles. The van der Waals surface area contributed by atoms with Crippen molar-refractivity contribution < 1.29 is 26.7 Å². The predicted molar refractivity (Wildman–Crippen MR) is 131 cm³/mol. The number of hydrogen-bond acceptors (Lipinski definition) is 2. The van der Waals surface area contributed by atoms with E-state index in [1.165, 1.54) is 31.2 Å². The lowest BCUT2D eigenvalue weighted by Crippen LogP contribution is -2.03. The highest BCUT2D eigenvalue weighted by molar-refractivity contribution is 6.02. The minimum absolute atomic E-state index is 0.0225. The summed E-state index contributed by atoms with van der Waals surface area (Å²) in [7, 11) is 0. The average molecular weight is 492 g/mol. The molecule has 1 heterocycles. The highest BCUT2D eigenvalue weighted by Gasteiger charge is 2.22. The van der Waals surface area contributed by atoms with Crippen molar-refractivity contribution in [1.29, 1.82) is 0 Å². The van der Waals surface area contributed by atoms with Crippen LogP contribution in [-0.4, -0.2) is 11.8 Å². The van der Waals surface area contributed by atoms with E-state index in [4.69, 9.17) is 0 Å². The Labute approximate surface area is 203 Å². The van der Waals surface area contributed by atoms with Crippen LogP contribution < -0.4 is 0 Å². The maximum absolute atomic E-state index is 14.1. The van der Waals surface area contributed by atoms with Crippen LogP contribution >= 0.6 is 0 Å². The topological polar surface area (TPSA) is 21.6 Å². The number of benzene rings is 1. The quantitative estimate of drug-likeness (QED) is 0.172. The summed E-state index contributed by atoms with van der Waals surface area (Å²) in [5, 5.41) is 0. The van der Waals surface area contributed by atoms with Gasteiger partial charge in [-0.2, -0.15) is 13.2 Å². The van der Waals surface area contributed by atoms with Gasteiger partial charge in [0.1, 0.15) is 17.4 Å². The van der Waals surface area contributed by atoms with Crippen molar-refractivity contribution in [3.05, 3.63) is 107 Å². The van der Waals surface area contributed by atoms with Crippen LogP contribution in [0.2, 0.25) is 0 Å². The summed E-state index contributed by atoms with van der Waals surface area (Å²) < 4.78 is 70.2. The molecule has 7 heteroatoms. The minimum atomic E-state index is -2.52. The third-order valence-corrected chi connectivity index (χ3v) is 5.20. The lowest BCUT2D eigenvalue weighted by Gasteiger charge is -2.06. The zero-order chi connectivity index (χ0) is 25.8. The molecule has 0 spiro atoms. The summed E-state index contributed by atoms with van der Waals surface area (Å²) in [5.74, 6) is -1.24. The maximum atomic E-state index is 14.1. The minimum Gasteiger partial charge on any atom is -0.433 e. The number of halogens is 5. The van der Waals surface area contributed by atoms with Gasteiger partial charge in [-0.15, -0.1) is 0 Å². The SMILES string of the molecule is CC\C=C/C(=C\C=C(/C)OC(F)=C(F)F)C(/C=C\CC1CCC(c2c(F)cccc2F)=N1)=C/CC. The van der Waals surface area contributed by atoms with Crippen LogP contribution in [0.4, 0.5) is 22.0 Å². The number of allylic oxidation sites excluding steroid dienone is 9. The third kappa shape index (κ3) is 8.81. The van der Waals surface area contributed by atoms with Crippen molar-refractivity contribution in [3.8, 4) is 0 Å². The number of nitrogens with zero attached hydrogens (tertiary/aromatic N) is 1. The molecule has 2 rings (SSSR count). The Morgan fingerprint density at radius 3 is 2.31 bits per heavy atom. The van der Waals surface area contributed by atoms with Crippen molar-refractivity contribution in [2.24, 2.45) is 4.99 Å². The van der Waals surface area contributed by atoms with E-state index >= 15 is 0 Å². The van der Waals surface area contributed by atoms with E-state index in [2.05, 4.69) is 9.73 Å². The standard InChI is InChI=1S/C28H30F5NO/c1-4-6-10-21(16-15-19(3)35-28(33)27(31)32)20(9-5-2)11-7-12-22-17-18-25(34-22)26-23(29)13-8-14-24(26)30/h6-11,13-16,22H,4-5,12,17-18H2,1-3H3/b10-6-,11-7-,19-15+,20-9+,21-16+. The lowest BCUT2D eigenvalue weighted by molar-refractivity contribution is 0.178. The zero-order valence-corrected chi connectivity index (χ0v) is 20.1. The fourth-order valence-electron chi connectivity index (χ4n) is 3.55. The van der Waals surface area contributed by atoms with E-state index in [-0.39, 0.29) is 17.4 Å². The second-order valence-corrected chi connectivity index (χ2v) is 7.92. The van der Waals surface area contributed by atoms with Crippen LogP contribution in [0.5, 0.6) is 0 Å². The fourth-order valence-corrected chi connectivity index (χ4v) is 3.55. The van der Waals surface area contributed by atoms with Crippen LogP contribution in [0.3, 0.4) is 0 Å². The van der Waals surface area contributed by atoms with Crippen LogP contribution in [0.15, 0.2) is 94.7 Å². The van der Waals surface area contributed by atoms with Gasteiger partial charge in [-0.25, -0.2) is 8.78 Å². The van der Waals surface area contributed by atoms with E-state index in [9.17, 15) is 22.0 Å². The molecule has 2 nitrogen and oxygen atoms in total. The molecule has 35 heavy (non-hydrogen) atoms. The van der Waals surface area contributed by atoms with Gasteiger partial charge in [-0.1, -0.05) is 56.4 Å². The first-order valence-corrected chi connectivity index (χ1v) is 11.6. The normalized spacial score (nSPS) is 17.4. The fraction of sp³-hybridized carbons (Fsp3) is 0.321. The molecule has 1 aliphatic heterocycles. The Bertz CT molecular complexity index is 1070. The molecule has 1 atom stereocenters. The van der Waals surface area contributed by atoms with Gasteiger partial charge in [0.05, 0.1) is 11.6 Å². The summed E-state index contributed by atoms with van der Waals surface area (Å²) in [6.45, 7) is 5.35. The molecule has 1 aliphatic rings. The molecule has 1 unspecified atom stereocenters. The summed E-state index contributed by atoms with van der Waals surface area (Å²) in [6.07, 6.45) is 13.6. The van der Waals surface area contributed by atoms with Crippen molar-refractivity contribution in [2.75, 3.05) is 0 Å². The second-order valence-electron chi connectivity index (χ2n) is 7.92.